The van der Waals surface area contributed by atoms with Crippen LogP contribution < -0.4 is 10.5 Å². The number of nitrogens with two attached hydrogens (primary N) is 1. The van der Waals surface area contributed by atoms with E-state index in [4.69, 9.17) is 5.73 Å². The summed E-state index contributed by atoms with van der Waals surface area (Å²) in [5, 5.41) is 10.8. The molecule has 0 bridgehead atoms. The van der Waals surface area contributed by atoms with E-state index in [9.17, 15) is 18.5 Å². The van der Waals surface area contributed by atoms with Crippen LogP contribution in [0.5, 0.6) is 0 Å². The highest BCUT2D eigenvalue weighted by Crippen LogP contribution is 2.22. The zero-order valence-electron chi connectivity index (χ0n) is 11.4. The summed E-state index contributed by atoms with van der Waals surface area (Å²) in [5.41, 5.74) is 5.35. The molecule has 0 heterocycles. The smallest absolute Gasteiger partial charge is 0.289 e. The predicted molar refractivity (Wildman–Crippen MR) is 75.7 cm³/mol. The van der Waals surface area contributed by atoms with Crippen molar-refractivity contribution in [1.82, 2.24) is 4.72 Å². The molecule has 1 rings (SSSR count). The molecule has 1 unspecified atom stereocenters. The second-order valence-electron chi connectivity index (χ2n) is 4.97. The number of nitro groups is 1. The van der Waals surface area contributed by atoms with Gasteiger partial charge in [0.1, 0.15) is 0 Å². The number of nitro benzene ring substituents is 1. The van der Waals surface area contributed by atoms with Gasteiger partial charge in [0.25, 0.3) is 5.69 Å². The van der Waals surface area contributed by atoms with Gasteiger partial charge in [-0.1, -0.05) is 26.0 Å². The molecule has 0 spiro atoms. The Hall–Kier alpha value is -1.51. The third-order valence-corrected chi connectivity index (χ3v) is 4.13. The maximum atomic E-state index is 12.1. The maximum Gasteiger partial charge on any atom is 0.289 e. The minimum Gasteiger partial charge on any atom is -0.327 e. The molecule has 0 radical (unpaired) electrons. The summed E-state index contributed by atoms with van der Waals surface area (Å²) in [7, 11) is -3.94. The fourth-order valence-corrected chi connectivity index (χ4v) is 3.08. The first-order chi connectivity index (χ1) is 9.24. The summed E-state index contributed by atoms with van der Waals surface area (Å²) in [5.74, 6) is 0.348. The van der Waals surface area contributed by atoms with Crippen LogP contribution in [0.25, 0.3) is 0 Å². The van der Waals surface area contributed by atoms with Crippen LogP contribution >= 0.6 is 0 Å². The van der Waals surface area contributed by atoms with Gasteiger partial charge in [-0.25, -0.2) is 13.1 Å². The van der Waals surface area contributed by atoms with Crippen LogP contribution in [0.3, 0.4) is 0 Å². The molecule has 20 heavy (non-hydrogen) atoms. The van der Waals surface area contributed by atoms with E-state index in [-0.39, 0.29) is 17.5 Å². The molecule has 0 aliphatic carbocycles. The third kappa shape index (κ3) is 4.55. The average molecular weight is 301 g/mol. The lowest BCUT2D eigenvalue weighted by atomic mass is 10.1. The second kappa shape index (κ2) is 6.78. The zero-order valence-corrected chi connectivity index (χ0v) is 12.3. The normalized spacial score (nSPS) is 13.4. The maximum absolute atomic E-state index is 12.1. The van der Waals surface area contributed by atoms with Crippen molar-refractivity contribution in [2.45, 2.75) is 31.2 Å². The molecule has 8 heteroatoms. The molecule has 7 nitrogen and oxygen atoms in total. The minimum absolute atomic E-state index is 0.0482. The molecular formula is C12H19N3O4S. The number of benzene rings is 1. The van der Waals surface area contributed by atoms with Crippen molar-refractivity contribution in [1.29, 1.82) is 0 Å². The van der Waals surface area contributed by atoms with E-state index in [0.29, 0.717) is 12.3 Å². The fourth-order valence-electron chi connectivity index (χ4n) is 1.82. The van der Waals surface area contributed by atoms with Crippen LogP contribution in [0.4, 0.5) is 5.69 Å². The van der Waals surface area contributed by atoms with Crippen molar-refractivity contribution >= 4 is 15.7 Å². The van der Waals surface area contributed by atoms with Crippen molar-refractivity contribution in [2.75, 3.05) is 6.54 Å². The Bertz CT molecular complexity index is 572. The lowest BCUT2D eigenvalue weighted by molar-refractivity contribution is -0.387. The Morgan fingerprint density at radius 1 is 1.35 bits per heavy atom. The first-order valence-corrected chi connectivity index (χ1v) is 7.71. The van der Waals surface area contributed by atoms with E-state index in [2.05, 4.69) is 4.72 Å². The second-order valence-corrected chi connectivity index (χ2v) is 6.70. The van der Waals surface area contributed by atoms with Crippen LogP contribution in [0.15, 0.2) is 29.2 Å². The third-order valence-electron chi connectivity index (χ3n) is 2.66. The number of hydrogen-bond acceptors (Lipinski definition) is 5. The summed E-state index contributed by atoms with van der Waals surface area (Å²) in [6.07, 6.45) is 0.666. The van der Waals surface area contributed by atoms with Gasteiger partial charge < -0.3 is 5.73 Å². The SMILES string of the molecule is CC(C)CC(N)CNS(=O)(=O)c1ccccc1[N+](=O)[O-]. The van der Waals surface area contributed by atoms with Gasteiger partial charge in [0.15, 0.2) is 4.90 Å². The Morgan fingerprint density at radius 2 is 1.95 bits per heavy atom. The van der Waals surface area contributed by atoms with E-state index < -0.39 is 20.6 Å². The molecule has 0 fully saturated rings. The lowest BCUT2D eigenvalue weighted by Gasteiger charge is -2.15. The molecule has 112 valence electrons. The number of hydrogen-bond donors (Lipinski definition) is 2. The van der Waals surface area contributed by atoms with Crippen LogP contribution in [-0.4, -0.2) is 25.9 Å². The largest absolute Gasteiger partial charge is 0.327 e. The topological polar surface area (TPSA) is 115 Å². The summed E-state index contributed by atoms with van der Waals surface area (Å²) >= 11 is 0. The number of rotatable bonds is 7. The van der Waals surface area contributed by atoms with E-state index in [0.717, 1.165) is 6.07 Å². The molecule has 1 aromatic rings. The molecule has 3 N–H and O–H groups in total. The predicted octanol–water partition coefficient (Wildman–Crippen LogP) is 1.25. The molecule has 0 saturated heterocycles. The van der Waals surface area contributed by atoms with Gasteiger partial charge in [-0.3, -0.25) is 10.1 Å². The van der Waals surface area contributed by atoms with E-state index in [1.165, 1.54) is 18.2 Å². The molecule has 1 aromatic carbocycles. The molecule has 0 saturated carbocycles. The van der Waals surface area contributed by atoms with Crippen LogP contribution in [0.2, 0.25) is 0 Å². The van der Waals surface area contributed by atoms with E-state index in [1.807, 2.05) is 13.8 Å². The van der Waals surface area contributed by atoms with E-state index in [1.54, 1.807) is 0 Å². The van der Waals surface area contributed by atoms with Crippen molar-refractivity contribution < 1.29 is 13.3 Å². The number of nitrogens with zero attached hydrogens (tertiary/aromatic N) is 1. The Kier molecular flexibility index (Phi) is 5.61. The van der Waals surface area contributed by atoms with Gasteiger partial charge in [0, 0.05) is 18.7 Å². The molecule has 0 aromatic heterocycles. The quantitative estimate of drug-likeness (QED) is 0.581. The Balaban J connectivity index is 2.87. The van der Waals surface area contributed by atoms with Gasteiger partial charge in [0.05, 0.1) is 4.92 Å². The van der Waals surface area contributed by atoms with Gasteiger partial charge in [-0.2, -0.15) is 0 Å². The highest BCUT2D eigenvalue weighted by molar-refractivity contribution is 7.89. The zero-order chi connectivity index (χ0) is 15.3. The first kappa shape index (κ1) is 16.5. The van der Waals surface area contributed by atoms with Gasteiger partial charge in [-0.05, 0) is 18.4 Å². The number of sulfonamides is 1. The van der Waals surface area contributed by atoms with Crippen molar-refractivity contribution in [3.05, 3.63) is 34.4 Å². The van der Waals surface area contributed by atoms with Crippen molar-refractivity contribution in [3.63, 3.8) is 0 Å². The van der Waals surface area contributed by atoms with Crippen molar-refractivity contribution in [3.8, 4) is 0 Å². The highest BCUT2D eigenvalue weighted by Gasteiger charge is 2.25. The lowest BCUT2D eigenvalue weighted by Crippen LogP contribution is -2.38. The van der Waals surface area contributed by atoms with Crippen LogP contribution in [0.1, 0.15) is 20.3 Å². The molecule has 0 aliphatic heterocycles. The summed E-state index contributed by atoms with van der Waals surface area (Å²) in [6, 6.07) is 4.89. The average Bonchev–Trinajstić information content (AvgIpc) is 2.36. The highest BCUT2D eigenvalue weighted by atomic mass is 32.2. The summed E-state index contributed by atoms with van der Waals surface area (Å²) < 4.78 is 26.5. The summed E-state index contributed by atoms with van der Waals surface area (Å²) in [4.78, 5) is 9.78. The standard InChI is InChI=1S/C12H19N3O4S/c1-9(2)7-10(13)8-14-20(18,19)12-6-4-3-5-11(12)15(16)17/h3-6,9-10,14H,7-8,13H2,1-2H3. The Labute approximate surface area is 118 Å². The monoisotopic (exact) mass is 301 g/mol. The van der Waals surface area contributed by atoms with E-state index >= 15 is 0 Å². The van der Waals surface area contributed by atoms with Gasteiger partial charge in [0.2, 0.25) is 10.0 Å². The summed E-state index contributed by atoms with van der Waals surface area (Å²) in [6.45, 7) is 4.01. The molecular weight excluding hydrogens is 282 g/mol. The first-order valence-electron chi connectivity index (χ1n) is 6.22. The number of nitrogens with one attached hydrogen (secondary N) is 1. The Morgan fingerprint density at radius 3 is 2.50 bits per heavy atom. The minimum atomic E-state index is -3.94. The molecule has 0 aliphatic rings. The van der Waals surface area contributed by atoms with Crippen LogP contribution in [0, 0.1) is 16.0 Å². The van der Waals surface area contributed by atoms with Crippen LogP contribution in [-0.2, 0) is 10.0 Å². The fraction of sp³-hybridized carbons (Fsp3) is 0.500. The van der Waals surface area contributed by atoms with Gasteiger partial charge in [-0.15, -0.1) is 0 Å². The van der Waals surface area contributed by atoms with Crippen molar-refractivity contribution in [2.24, 2.45) is 11.7 Å². The molecule has 1 atom stereocenters. The van der Waals surface area contributed by atoms with Gasteiger partial charge >= 0.3 is 0 Å². The molecule has 0 amide bonds. The number of para-hydroxylation sites is 1.